The number of rotatable bonds is 13. The summed E-state index contributed by atoms with van der Waals surface area (Å²) >= 11 is 9.70. The molecule has 0 radical (unpaired) electrons. The maximum absolute atomic E-state index is 14.0. The molecule has 0 unspecified atom stereocenters. The van der Waals surface area contributed by atoms with Gasteiger partial charge in [-0.2, -0.15) is 0 Å². The summed E-state index contributed by atoms with van der Waals surface area (Å²) in [6.45, 7) is 1.97. The van der Waals surface area contributed by atoms with Crippen LogP contribution in [0, 0.1) is 0 Å². The average molecular weight is 651 g/mol. The van der Waals surface area contributed by atoms with Crippen LogP contribution in [0.3, 0.4) is 0 Å². The molecule has 3 aromatic carbocycles. The molecule has 2 amide bonds. The van der Waals surface area contributed by atoms with E-state index in [0.717, 1.165) is 32.6 Å². The Morgan fingerprint density at radius 3 is 2.27 bits per heavy atom. The predicted octanol–water partition coefficient (Wildman–Crippen LogP) is 5.04. The van der Waals surface area contributed by atoms with Crippen molar-refractivity contribution >= 4 is 55.1 Å². The van der Waals surface area contributed by atoms with Crippen LogP contribution in [0.5, 0.6) is 5.75 Å². The zero-order valence-corrected chi connectivity index (χ0v) is 25.8. The number of halogens is 2. The third-order valence-electron chi connectivity index (χ3n) is 6.19. The molecule has 0 fully saturated rings. The number of benzene rings is 3. The lowest BCUT2D eigenvalue weighted by atomic mass is 10.0. The van der Waals surface area contributed by atoms with E-state index in [1.165, 1.54) is 30.2 Å². The van der Waals surface area contributed by atoms with Crippen molar-refractivity contribution in [3.05, 3.63) is 93.4 Å². The van der Waals surface area contributed by atoms with E-state index in [1.807, 2.05) is 61.5 Å². The molecule has 0 aliphatic carbocycles. The second-order valence-corrected chi connectivity index (χ2v) is 12.5. The van der Waals surface area contributed by atoms with Crippen LogP contribution < -0.4 is 14.4 Å². The quantitative estimate of drug-likeness (QED) is 0.280. The highest BCUT2D eigenvalue weighted by atomic mass is 79.9. The van der Waals surface area contributed by atoms with E-state index in [4.69, 9.17) is 16.3 Å². The molecule has 0 saturated carbocycles. The summed E-state index contributed by atoms with van der Waals surface area (Å²) in [6, 6.07) is 20.4. The molecule has 1 atom stereocenters. The molecule has 8 nitrogen and oxygen atoms in total. The fourth-order valence-corrected chi connectivity index (χ4v) is 5.49. The number of carbonyl (C=O) groups is 2. The standard InChI is InChI=1S/C29H33BrClN3O5S/c1-4-16-32-29(36)26(17-21-8-6-5-7-9-21)33(19-22-10-12-23(30)13-11-22)28(35)20-34(40(3,37)38)24-14-15-27(39-2)25(31)18-24/h5-15,18,26H,4,16-17,19-20H2,1-3H3,(H,32,36)/t26-/m1/s1. The van der Waals surface area contributed by atoms with Crippen LogP contribution in [0.1, 0.15) is 24.5 Å². The normalized spacial score (nSPS) is 11.9. The van der Waals surface area contributed by atoms with Crippen LogP contribution >= 0.6 is 27.5 Å². The summed E-state index contributed by atoms with van der Waals surface area (Å²) in [5.41, 5.74) is 1.87. The molecular weight excluding hydrogens is 618 g/mol. The van der Waals surface area contributed by atoms with E-state index < -0.39 is 28.5 Å². The molecule has 11 heteroatoms. The summed E-state index contributed by atoms with van der Waals surface area (Å²) in [7, 11) is -2.45. The Labute approximate surface area is 249 Å². The third kappa shape index (κ3) is 8.71. The third-order valence-corrected chi connectivity index (χ3v) is 8.15. The minimum Gasteiger partial charge on any atom is -0.495 e. The number of anilines is 1. The summed E-state index contributed by atoms with van der Waals surface area (Å²) in [4.78, 5) is 29.0. The van der Waals surface area contributed by atoms with Gasteiger partial charge in [0.2, 0.25) is 21.8 Å². The largest absolute Gasteiger partial charge is 0.495 e. The van der Waals surface area contributed by atoms with E-state index in [1.54, 1.807) is 0 Å². The first-order valence-electron chi connectivity index (χ1n) is 12.7. The van der Waals surface area contributed by atoms with Gasteiger partial charge in [0.1, 0.15) is 18.3 Å². The first kappa shape index (κ1) is 31.4. The maximum atomic E-state index is 14.0. The van der Waals surface area contributed by atoms with Crippen LogP contribution in [-0.4, -0.2) is 57.6 Å². The zero-order valence-electron chi connectivity index (χ0n) is 22.6. The van der Waals surface area contributed by atoms with Crippen LogP contribution in [0.4, 0.5) is 5.69 Å². The number of amides is 2. The summed E-state index contributed by atoms with van der Waals surface area (Å²) < 4.78 is 32.8. The maximum Gasteiger partial charge on any atom is 0.244 e. The molecule has 1 N–H and O–H groups in total. The van der Waals surface area contributed by atoms with Crippen LogP contribution in [0.15, 0.2) is 77.3 Å². The van der Waals surface area contributed by atoms with Gasteiger partial charge in [-0.3, -0.25) is 13.9 Å². The second-order valence-electron chi connectivity index (χ2n) is 9.23. The molecule has 0 heterocycles. The van der Waals surface area contributed by atoms with Crippen molar-refractivity contribution in [2.45, 2.75) is 32.4 Å². The van der Waals surface area contributed by atoms with Gasteiger partial charge < -0.3 is 15.0 Å². The number of sulfonamides is 1. The lowest BCUT2D eigenvalue weighted by Gasteiger charge is -2.33. The first-order valence-corrected chi connectivity index (χ1v) is 15.7. The molecule has 0 aliphatic rings. The van der Waals surface area contributed by atoms with Crippen molar-refractivity contribution in [1.82, 2.24) is 10.2 Å². The Bertz CT molecular complexity index is 1400. The van der Waals surface area contributed by atoms with Gasteiger partial charge in [-0.25, -0.2) is 8.42 Å². The highest BCUT2D eigenvalue weighted by Gasteiger charge is 2.33. The summed E-state index contributed by atoms with van der Waals surface area (Å²) in [5.74, 6) is -0.472. The Morgan fingerprint density at radius 1 is 1.02 bits per heavy atom. The van der Waals surface area contributed by atoms with Gasteiger partial charge in [0.25, 0.3) is 0 Å². The van der Waals surface area contributed by atoms with Crippen LogP contribution in [-0.2, 0) is 32.6 Å². The topological polar surface area (TPSA) is 96.0 Å². The fraction of sp³-hybridized carbons (Fsp3) is 0.310. The van der Waals surface area contributed by atoms with Crippen LogP contribution in [0.2, 0.25) is 5.02 Å². The second kappa shape index (κ2) is 14.5. The van der Waals surface area contributed by atoms with Gasteiger partial charge in [-0.05, 0) is 47.9 Å². The van der Waals surface area contributed by atoms with Crippen molar-refractivity contribution in [3.63, 3.8) is 0 Å². The highest BCUT2D eigenvalue weighted by molar-refractivity contribution is 9.10. The van der Waals surface area contributed by atoms with Gasteiger partial charge in [-0.1, -0.05) is 76.9 Å². The fourth-order valence-electron chi connectivity index (χ4n) is 4.13. The van der Waals surface area contributed by atoms with Crippen molar-refractivity contribution < 1.29 is 22.7 Å². The Morgan fingerprint density at radius 2 is 1.70 bits per heavy atom. The monoisotopic (exact) mass is 649 g/mol. The van der Waals surface area contributed by atoms with Crippen LogP contribution in [0.25, 0.3) is 0 Å². The minimum atomic E-state index is -3.90. The van der Waals surface area contributed by atoms with E-state index in [9.17, 15) is 18.0 Å². The highest BCUT2D eigenvalue weighted by Crippen LogP contribution is 2.30. The number of nitrogens with zero attached hydrogens (tertiary/aromatic N) is 2. The van der Waals surface area contributed by atoms with Crippen molar-refractivity contribution in [1.29, 1.82) is 0 Å². The molecule has 0 bridgehead atoms. The van der Waals surface area contributed by atoms with E-state index in [-0.39, 0.29) is 29.6 Å². The lowest BCUT2D eigenvalue weighted by Crippen LogP contribution is -2.53. The summed E-state index contributed by atoms with van der Waals surface area (Å²) in [5, 5.41) is 3.12. The zero-order chi connectivity index (χ0) is 29.3. The molecule has 0 saturated heterocycles. The summed E-state index contributed by atoms with van der Waals surface area (Å²) in [6.07, 6.45) is 2.00. The van der Waals surface area contributed by atoms with Gasteiger partial charge in [0, 0.05) is 24.0 Å². The number of hydrogen-bond acceptors (Lipinski definition) is 5. The number of carbonyl (C=O) groups excluding carboxylic acids is 2. The molecule has 0 aromatic heterocycles. The molecule has 40 heavy (non-hydrogen) atoms. The molecule has 214 valence electrons. The Hall–Kier alpha value is -3.08. The Kier molecular flexibility index (Phi) is 11.4. The van der Waals surface area contributed by atoms with Gasteiger partial charge >= 0.3 is 0 Å². The minimum absolute atomic E-state index is 0.101. The lowest BCUT2D eigenvalue weighted by molar-refractivity contribution is -0.140. The first-order chi connectivity index (χ1) is 19.0. The van der Waals surface area contributed by atoms with E-state index in [2.05, 4.69) is 21.2 Å². The molecule has 0 aliphatic heterocycles. The van der Waals surface area contributed by atoms with Crippen molar-refractivity contribution in [2.24, 2.45) is 0 Å². The van der Waals surface area contributed by atoms with Gasteiger partial charge in [0.05, 0.1) is 24.1 Å². The van der Waals surface area contributed by atoms with E-state index >= 15 is 0 Å². The van der Waals surface area contributed by atoms with Crippen molar-refractivity contribution in [3.8, 4) is 5.75 Å². The molecule has 0 spiro atoms. The van der Waals surface area contributed by atoms with Gasteiger partial charge in [-0.15, -0.1) is 0 Å². The predicted molar refractivity (Wildman–Crippen MR) is 162 cm³/mol. The molecule has 3 aromatic rings. The molecule has 3 rings (SSSR count). The SMILES string of the molecule is CCCNC(=O)[C@@H](Cc1ccccc1)N(Cc1ccc(Br)cc1)C(=O)CN(c1ccc(OC)c(Cl)c1)S(C)(=O)=O. The number of ether oxygens (including phenoxy) is 1. The van der Waals surface area contributed by atoms with Crippen molar-refractivity contribution in [2.75, 3.05) is 30.8 Å². The number of hydrogen-bond donors (Lipinski definition) is 1. The average Bonchev–Trinajstić information content (AvgIpc) is 2.93. The van der Waals surface area contributed by atoms with Gasteiger partial charge in [0.15, 0.2) is 0 Å². The number of methoxy groups -OCH3 is 1. The molecular formula is C29H33BrClN3O5S. The Balaban J connectivity index is 2.04. The smallest absolute Gasteiger partial charge is 0.244 e. The number of nitrogens with one attached hydrogen (secondary N) is 1. The van der Waals surface area contributed by atoms with E-state index in [0.29, 0.717) is 12.3 Å².